The fourth-order valence-corrected chi connectivity index (χ4v) is 3.05. The number of aromatic nitrogens is 3. The van der Waals surface area contributed by atoms with Crippen molar-refractivity contribution in [1.29, 1.82) is 0 Å². The summed E-state index contributed by atoms with van der Waals surface area (Å²) in [4.78, 5) is 6.28. The molecule has 0 aliphatic rings. The van der Waals surface area contributed by atoms with Crippen LogP contribution in [-0.4, -0.2) is 29.3 Å². The van der Waals surface area contributed by atoms with E-state index in [0.29, 0.717) is 0 Å². The van der Waals surface area contributed by atoms with Gasteiger partial charge in [0.05, 0.1) is 0 Å². The highest BCUT2D eigenvalue weighted by Crippen LogP contribution is 2.32. The minimum atomic E-state index is 0.904. The monoisotopic (exact) mass is 330 g/mol. The molecule has 0 fully saturated rings. The van der Waals surface area contributed by atoms with E-state index in [9.17, 15) is 0 Å². The van der Waals surface area contributed by atoms with E-state index in [0.717, 1.165) is 19.0 Å². The Morgan fingerprint density at radius 2 is 2.12 bits per heavy atom. The molecule has 4 nitrogen and oxygen atoms in total. The highest BCUT2D eigenvalue weighted by molar-refractivity contribution is 9.10. The van der Waals surface area contributed by atoms with E-state index in [2.05, 4.69) is 31.1 Å². The van der Waals surface area contributed by atoms with Crippen LogP contribution in [0.5, 0.6) is 0 Å². The van der Waals surface area contributed by atoms with Gasteiger partial charge >= 0.3 is 0 Å². The molecule has 2 aromatic heterocycles. The second kappa shape index (κ2) is 5.32. The molecule has 0 atom stereocenters. The first-order valence-electron chi connectivity index (χ1n) is 4.87. The zero-order chi connectivity index (χ0) is 12.4. The van der Waals surface area contributed by atoms with E-state index in [1.165, 1.54) is 17.3 Å². The van der Waals surface area contributed by atoms with Crippen molar-refractivity contribution in [2.75, 3.05) is 19.0 Å². The molecular weight excluding hydrogens is 320 g/mol. The van der Waals surface area contributed by atoms with Crippen molar-refractivity contribution >= 4 is 44.2 Å². The standard InChI is InChI=1S/C10H11BrN4S2/c1-6-4-8(12-5-7(6)11)16-10-14-13-9(17-10)15(2)3/h4-5H,1-3H3. The molecule has 0 aromatic carbocycles. The van der Waals surface area contributed by atoms with Gasteiger partial charge < -0.3 is 4.90 Å². The summed E-state index contributed by atoms with van der Waals surface area (Å²) in [6.07, 6.45) is 1.81. The molecule has 2 heterocycles. The predicted molar refractivity (Wildman–Crippen MR) is 75.0 cm³/mol. The molecule has 0 bridgehead atoms. The van der Waals surface area contributed by atoms with Crippen LogP contribution in [0, 0.1) is 6.92 Å². The third kappa shape index (κ3) is 3.17. The van der Waals surface area contributed by atoms with E-state index in [1.54, 1.807) is 11.3 Å². The van der Waals surface area contributed by atoms with Crippen LogP contribution in [0.2, 0.25) is 0 Å². The number of rotatable bonds is 3. The van der Waals surface area contributed by atoms with Gasteiger partial charge in [0, 0.05) is 24.8 Å². The average Bonchev–Trinajstić information content (AvgIpc) is 2.72. The maximum atomic E-state index is 4.33. The molecule has 17 heavy (non-hydrogen) atoms. The Balaban J connectivity index is 2.16. The first kappa shape index (κ1) is 12.8. The predicted octanol–water partition coefficient (Wildman–Crippen LogP) is 3.22. The summed E-state index contributed by atoms with van der Waals surface area (Å²) in [7, 11) is 3.91. The number of anilines is 1. The molecule has 0 amide bonds. The minimum Gasteiger partial charge on any atom is -0.353 e. The van der Waals surface area contributed by atoms with Gasteiger partial charge in [-0.3, -0.25) is 0 Å². The van der Waals surface area contributed by atoms with E-state index in [-0.39, 0.29) is 0 Å². The third-order valence-electron chi connectivity index (χ3n) is 1.99. The molecule has 7 heteroatoms. The highest BCUT2D eigenvalue weighted by atomic mass is 79.9. The van der Waals surface area contributed by atoms with E-state index >= 15 is 0 Å². The van der Waals surface area contributed by atoms with Gasteiger partial charge in [0.15, 0.2) is 4.34 Å². The van der Waals surface area contributed by atoms with E-state index in [4.69, 9.17) is 0 Å². The lowest BCUT2D eigenvalue weighted by Gasteiger charge is -2.03. The minimum absolute atomic E-state index is 0.904. The number of halogens is 1. The van der Waals surface area contributed by atoms with Crippen molar-refractivity contribution in [3.8, 4) is 0 Å². The van der Waals surface area contributed by atoms with Gasteiger partial charge in [-0.05, 0) is 46.2 Å². The quantitative estimate of drug-likeness (QED) is 0.864. The summed E-state index contributed by atoms with van der Waals surface area (Å²) >= 11 is 6.53. The van der Waals surface area contributed by atoms with Crippen LogP contribution in [0.3, 0.4) is 0 Å². The average molecular weight is 331 g/mol. The van der Waals surface area contributed by atoms with Gasteiger partial charge in [-0.1, -0.05) is 11.3 Å². The summed E-state index contributed by atoms with van der Waals surface area (Å²) in [5, 5.41) is 10.1. The second-order valence-corrected chi connectivity index (χ2v) is 6.70. The van der Waals surface area contributed by atoms with Crippen LogP contribution in [0.25, 0.3) is 0 Å². The van der Waals surface area contributed by atoms with Crippen molar-refractivity contribution in [3.63, 3.8) is 0 Å². The van der Waals surface area contributed by atoms with Gasteiger partial charge in [-0.25, -0.2) is 4.98 Å². The second-order valence-electron chi connectivity index (χ2n) is 3.62. The largest absolute Gasteiger partial charge is 0.353 e. The zero-order valence-electron chi connectivity index (χ0n) is 9.64. The Kier molecular flexibility index (Phi) is 4.01. The summed E-state index contributed by atoms with van der Waals surface area (Å²) < 4.78 is 1.93. The fourth-order valence-electron chi connectivity index (χ4n) is 1.08. The van der Waals surface area contributed by atoms with Crippen LogP contribution in [0.1, 0.15) is 5.56 Å². The summed E-state index contributed by atoms with van der Waals surface area (Å²) in [6.45, 7) is 2.04. The Labute approximate surface area is 117 Å². The Hall–Kier alpha value is -0.660. The van der Waals surface area contributed by atoms with Crippen LogP contribution < -0.4 is 4.90 Å². The molecule has 2 aromatic rings. The highest BCUT2D eigenvalue weighted by Gasteiger charge is 2.08. The molecule has 0 aliphatic heterocycles. The Morgan fingerprint density at radius 1 is 1.35 bits per heavy atom. The lowest BCUT2D eigenvalue weighted by atomic mass is 10.3. The van der Waals surface area contributed by atoms with Gasteiger partial charge in [0.25, 0.3) is 0 Å². The van der Waals surface area contributed by atoms with E-state index < -0.39 is 0 Å². The zero-order valence-corrected chi connectivity index (χ0v) is 12.9. The molecular formula is C10H11BrN4S2. The fraction of sp³-hybridized carbons (Fsp3) is 0.300. The number of hydrogen-bond acceptors (Lipinski definition) is 6. The van der Waals surface area contributed by atoms with E-state index in [1.807, 2.05) is 38.2 Å². The first-order valence-corrected chi connectivity index (χ1v) is 7.29. The number of pyridine rings is 1. The topological polar surface area (TPSA) is 41.9 Å². The normalized spacial score (nSPS) is 10.6. The summed E-state index contributed by atoms with van der Waals surface area (Å²) in [5.41, 5.74) is 1.17. The number of aryl methyl sites for hydroxylation is 1. The van der Waals surface area contributed by atoms with Crippen LogP contribution in [0.4, 0.5) is 5.13 Å². The molecule has 0 saturated heterocycles. The summed E-state index contributed by atoms with van der Waals surface area (Å²) in [5.74, 6) is 0. The maximum absolute atomic E-state index is 4.33. The van der Waals surface area contributed by atoms with Crippen LogP contribution >= 0.6 is 39.0 Å². The van der Waals surface area contributed by atoms with Gasteiger partial charge in [0.1, 0.15) is 5.03 Å². The maximum Gasteiger partial charge on any atom is 0.208 e. The molecule has 0 spiro atoms. The first-order chi connectivity index (χ1) is 8.06. The van der Waals surface area contributed by atoms with Crippen molar-refractivity contribution in [1.82, 2.24) is 15.2 Å². The van der Waals surface area contributed by atoms with Crippen molar-refractivity contribution in [2.45, 2.75) is 16.3 Å². The van der Waals surface area contributed by atoms with Crippen LogP contribution in [0.15, 0.2) is 26.1 Å². The lowest BCUT2D eigenvalue weighted by Crippen LogP contribution is -2.07. The molecule has 0 radical (unpaired) electrons. The van der Waals surface area contributed by atoms with Crippen molar-refractivity contribution < 1.29 is 0 Å². The molecule has 90 valence electrons. The SMILES string of the molecule is Cc1cc(Sc2nnc(N(C)C)s2)ncc1Br. The summed E-state index contributed by atoms with van der Waals surface area (Å²) in [6, 6.07) is 2.03. The van der Waals surface area contributed by atoms with Crippen molar-refractivity contribution in [3.05, 3.63) is 22.3 Å². The molecule has 2 rings (SSSR count). The van der Waals surface area contributed by atoms with Gasteiger partial charge in [0.2, 0.25) is 5.13 Å². The molecule has 0 unspecified atom stereocenters. The number of hydrogen-bond donors (Lipinski definition) is 0. The molecule has 0 aliphatic carbocycles. The molecule has 0 saturated carbocycles. The Morgan fingerprint density at radius 3 is 2.71 bits per heavy atom. The number of nitrogens with zero attached hydrogens (tertiary/aromatic N) is 4. The van der Waals surface area contributed by atoms with Crippen molar-refractivity contribution in [2.24, 2.45) is 0 Å². The Bertz CT molecular complexity index is 527. The molecule has 0 N–H and O–H groups in total. The van der Waals surface area contributed by atoms with Gasteiger partial charge in [-0.2, -0.15) is 0 Å². The third-order valence-corrected chi connectivity index (χ3v) is 4.90. The van der Waals surface area contributed by atoms with Crippen LogP contribution in [-0.2, 0) is 0 Å². The lowest BCUT2D eigenvalue weighted by molar-refractivity contribution is 0.970. The smallest absolute Gasteiger partial charge is 0.208 e. The van der Waals surface area contributed by atoms with Gasteiger partial charge in [-0.15, -0.1) is 10.2 Å².